The van der Waals surface area contributed by atoms with Crippen molar-refractivity contribution in [2.75, 3.05) is 24.2 Å². The number of hydrogen-bond acceptors (Lipinski definition) is 5. The highest BCUT2D eigenvalue weighted by atomic mass is 32.1. The van der Waals surface area contributed by atoms with Gasteiger partial charge < -0.3 is 10.1 Å². The monoisotopic (exact) mass is 542 g/mol. The van der Waals surface area contributed by atoms with Gasteiger partial charge in [0.15, 0.2) is 5.70 Å². The molecule has 3 aliphatic rings. The Labute approximate surface area is 235 Å². The Bertz CT molecular complexity index is 1440. The second-order valence-corrected chi connectivity index (χ2v) is 12.2. The van der Waals surface area contributed by atoms with E-state index in [4.69, 9.17) is 4.74 Å². The largest absolute Gasteiger partial charge is 0.457 e. The number of anilines is 1. The van der Waals surface area contributed by atoms with E-state index in [1.165, 1.54) is 22.9 Å². The number of para-hydroxylation sites is 2. The third kappa shape index (κ3) is 4.32. The third-order valence-electron chi connectivity index (χ3n) is 8.66. The van der Waals surface area contributed by atoms with E-state index in [2.05, 4.69) is 86.4 Å². The van der Waals surface area contributed by atoms with Crippen LogP contribution in [0.4, 0.5) is 17.1 Å². The molecule has 0 aliphatic carbocycles. The molecule has 202 valence electrons. The number of quaternary nitrogens is 1. The molecule has 0 amide bonds. The van der Waals surface area contributed by atoms with Crippen LogP contribution in [0.1, 0.15) is 56.2 Å². The van der Waals surface area contributed by atoms with E-state index >= 15 is 0 Å². The standard InChI is InChI=1S/C32H35N3O3S/c1-31(2)22-35(17-9-3-4-10-18-39,28-14-8-6-12-26(28)31)30-20-24-19-25(34(36)37)15-16-29(24)38-32(30)21-23-11-5-7-13-27(23)33-32/h5-8,11-16,19-20,33H,3-4,9-10,17-18,21-22H2,1-2H3/p+1. The Kier molecular flexibility index (Phi) is 6.47. The van der Waals surface area contributed by atoms with Crippen molar-refractivity contribution in [3.8, 4) is 5.75 Å². The number of non-ortho nitro benzene ring substituents is 1. The van der Waals surface area contributed by atoms with E-state index in [0.717, 1.165) is 61.5 Å². The zero-order valence-electron chi connectivity index (χ0n) is 22.7. The molecule has 3 heterocycles. The number of nitro groups is 1. The second kappa shape index (κ2) is 9.72. The maximum absolute atomic E-state index is 11.7. The molecule has 3 aliphatic heterocycles. The van der Waals surface area contributed by atoms with Crippen molar-refractivity contribution >= 4 is 35.8 Å². The molecule has 0 saturated heterocycles. The predicted octanol–water partition coefficient (Wildman–Crippen LogP) is 7.48. The molecular formula is C32H36N3O3S+. The molecule has 7 heteroatoms. The van der Waals surface area contributed by atoms with Crippen LogP contribution in [0, 0.1) is 10.1 Å². The Morgan fingerprint density at radius 3 is 2.59 bits per heavy atom. The molecule has 0 saturated carbocycles. The summed E-state index contributed by atoms with van der Waals surface area (Å²) in [6.45, 7) is 6.50. The van der Waals surface area contributed by atoms with Crippen LogP contribution in [0.25, 0.3) is 6.08 Å². The van der Waals surface area contributed by atoms with Gasteiger partial charge in [0.05, 0.1) is 18.0 Å². The maximum atomic E-state index is 11.7. The highest BCUT2D eigenvalue weighted by Gasteiger charge is 2.60. The third-order valence-corrected chi connectivity index (χ3v) is 8.97. The summed E-state index contributed by atoms with van der Waals surface area (Å²) in [5.74, 6) is 1.58. The fourth-order valence-electron chi connectivity index (χ4n) is 7.02. The van der Waals surface area contributed by atoms with Crippen LogP contribution in [0.15, 0.2) is 72.4 Å². The molecule has 6 nitrogen and oxygen atoms in total. The van der Waals surface area contributed by atoms with Gasteiger partial charge in [-0.3, -0.25) is 14.6 Å². The summed E-state index contributed by atoms with van der Waals surface area (Å²) in [5, 5.41) is 15.5. The molecule has 2 atom stereocenters. The lowest BCUT2D eigenvalue weighted by Crippen LogP contribution is -2.61. The van der Waals surface area contributed by atoms with Crippen molar-refractivity contribution in [2.24, 2.45) is 0 Å². The van der Waals surface area contributed by atoms with E-state index in [9.17, 15) is 10.1 Å². The molecule has 3 aromatic rings. The number of thiol groups is 1. The number of hydrogen-bond donors (Lipinski definition) is 2. The highest BCUT2D eigenvalue weighted by molar-refractivity contribution is 7.80. The first kappa shape index (κ1) is 26.0. The van der Waals surface area contributed by atoms with E-state index in [1.54, 1.807) is 12.1 Å². The van der Waals surface area contributed by atoms with Gasteiger partial charge in [0.25, 0.3) is 11.4 Å². The number of nitro benzene ring substituents is 1. The van der Waals surface area contributed by atoms with Gasteiger partial charge in [-0.15, -0.1) is 0 Å². The van der Waals surface area contributed by atoms with E-state index in [-0.39, 0.29) is 16.0 Å². The molecule has 3 aromatic carbocycles. The first-order valence-electron chi connectivity index (χ1n) is 13.9. The zero-order valence-corrected chi connectivity index (χ0v) is 23.5. The van der Waals surface area contributed by atoms with Crippen molar-refractivity contribution in [3.63, 3.8) is 0 Å². The maximum Gasteiger partial charge on any atom is 0.270 e. The van der Waals surface area contributed by atoms with Gasteiger partial charge in [-0.25, -0.2) is 0 Å². The predicted molar refractivity (Wildman–Crippen MR) is 162 cm³/mol. The van der Waals surface area contributed by atoms with Crippen molar-refractivity contribution in [2.45, 2.75) is 57.1 Å². The smallest absolute Gasteiger partial charge is 0.270 e. The number of ether oxygens (including phenoxy) is 1. The summed E-state index contributed by atoms with van der Waals surface area (Å²) >= 11 is 4.41. The number of nitrogens with zero attached hydrogens (tertiary/aromatic N) is 2. The lowest BCUT2D eigenvalue weighted by molar-refractivity contribution is -0.384. The molecular weight excluding hydrogens is 506 g/mol. The van der Waals surface area contributed by atoms with Crippen molar-refractivity contribution < 1.29 is 9.66 Å². The molecule has 0 radical (unpaired) electrons. The van der Waals surface area contributed by atoms with Crippen LogP contribution >= 0.6 is 12.6 Å². The quantitative estimate of drug-likeness (QED) is 0.102. The lowest BCUT2D eigenvalue weighted by Gasteiger charge is -2.46. The van der Waals surface area contributed by atoms with E-state index in [0.29, 0.717) is 16.7 Å². The number of rotatable bonds is 8. The van der Waals surface area contributed by atoms with Crippen LogP contribution in [-0.4, -0.2) is 29.5 Å². The summed E-state index contributed by atoms with van der Waals surface area (Å²) in [6, 6.07) is 22.1. The fraction of sp³-hybridized carbons (Fsp3) is 0.375. The number of fused-ring (bicyclic) bond motifs is 3. The number of nitrogens with one attached hydrogen (secondary N) is 1. The van der Waals surface area contributed by atoms with E-state index < -0.39 is 5.72 Å². The Hall–Kier alpha value is -3.29. The van der Waals surface area contributed by atoms with Crippen LogP contribution in [0.2, 0.25) is 0 Å². The first-order chi connectivity index (χ1) is 18.8. The molecule has 1 spiro atoms. The Morgan fingerprint density at radius 1 is 1.03 bits per heavy atom. The normalized spacial score (nSPS) is 23.8. The van der Waals surface area contributed by atoms with Crippen LogP contribution in [0.3, 0.4) is 0 Å². The van der Waals surface area contributed by atoms with Gasteiger partial charge in [0.2, 0.25) is 0 Å². The SMILES string of the molecule is CC1(C)C[N+](CCCCCCS)(C2=Cc3cc([N+](=O)[O-])ccc3OC23Cc2ccccc2N3)c2ccccc21. The van der Waals surface area contributed by atoms with Gasteiger partial charge >= 0.3 is 0 Å². The van der Waals surface area contributed by atoms with E-state index in [1.807, 2.05) is 0 Å². The fourth-order valence-corrected chi connectivity index (χ4v) is 7.24. The Balaban J connectivity index is 1.55. The van der Waals surface area contributed by atoms with Gasteiger partial charge in [-0.1, -0.05) is 56.7 Å². The minimum absolute atomic E-state index is 0.0435. The van der Waals surface area contributed by atoms with Crippen molar-refractivity contribution in [1.29, 1.82) is 0 Å². The second-order valence-electron chi connectivity index (χ2n) is 11.8. The minimum Gasteiger partial charge on any atom is -0.457 e. The molecule has 39 heavy (non-hydrogen) atoms. The molecule has 2 unspecified atom stereocenters. The molecule has 1 N–H and O–H groups in total. The zero-order chi connectivity index (χ0) is 27.3. The average Bonchev–Trinajstić information content (AvgIpc) is 3.40. The van der Waals surface area contributed by atoms with Crippen LogP contribution in [0.5, 0.6) is 5.75 Å². The Morgan fingerprint density at radius 2 is 1.79 bits per heavy atom. The van der Waals surface area contributed by atoms with Crippen molar-refractivity contribution in [3.05, 3.63) is 99.2 Å². The van der Waals surface area contributed by atoms with Crippen molar-refractivity contribution in [1.82, 2.24) is 4.48 Å². The summed E-state index contributed by atoms with van der Waals surface area (Å²) in [7, 11) is 0. The summed E-state index contributed by atoms with van der Waals surface area (Å²) in [4.78, 5) is 11.4. The summed E-state index contributed by atoms with van der Waals surface area (Å²) in [5.41, 5.74) is 6.08. The first-order valence-corrected chi connectivity index (χ1v) is 14.6. The topological polar surface area (TPSA) is 64.4 Å². The summed E-state index contributed by atoms with van der Waals surface area (Å²) in [6.07, 6.45) is 7.37. The molecule has 0 bridgehead atoms. The lowest BCUT2D eigenvalue weighted by atomic mass is 9.87. The van der Waals surface area contributed by atoms with Crippen LogP contribution in [-0.2, 0) is 11.8 Å². The number of benzene rings is 3. The van der Waals surface area contributed by atoms with Crippen LogP contribution < -0.4 is 14.5 Å². The summed E-state index contributed by atoms with van der Waals surface area (Å²) < 4.78 is 7.62. The molecule has 6 rings (SSSR count). The van der Waals surface area contributed by atoms with Gasteiger partial charge in [0, 0.05) is 46.9 Å². The molecule has 0 fully saturated rings. The average molecular weight is 543 g/mol. The highest BCUT2D eigenvalue weighted by Crippen LogP contribution is 2.54. The molecule has 0 aromatic heterocycles. The van der Waals surface area contributed by atoms with Gasteiger partial charge in [-0.05, 0) is 48.8 Å². The van der Waals surface area contributed by atoms with Gasteiger partial charge in [0.1, 0.15) is 11.4 Å². The number of unbranched alkanes of at least 4 members (excludes halogenated alkanes) is 3. The minimum atomic E-state index is -0.786. The van der Waals surface area contributed by atoms with Gasteiger partial charge in [-0.2, -0.15) is 12.6 Å².